The molecule has 152 valence electrons. The highest BCUT2D eigenvalue weighted by Gasteiger charge is 2.16. The number of β-amino-alcohol motifs (C(OH)–C–C–N with tert-alkyl or cyclic N) is 1. The summed E-state index contributed by atoms with van der Waals surface area (Å²) >= 11 is 1.98. The number of pyridine rings is 1. The lowest BCUT2D eigenvalue weighted by Crippen LogP contribution is -2.40. The molecule has 0 saturated carbocycles. The molecule has 1 saturated heterocycles. The molecule has 0 radical (unpaired) electrons. The lowest BCUT2D eigenvalue weighted by Gasteiger charge is -2.28. The van der Waals surface area contributed by atoms with Crippen molar-refractivity contribution in [2.24, 2.45) is 0 Å². The number of aliphatic hydroxyl groups excluding tert-OH is 1. The Kier molecular flexibility index (Phi) is 8.61. The molecule has 1 fully saturated rings. The second-order valence-electron chi connectivity index (χ2n) is 7.14. The number of rotatable bonds is 10. The SMILES string of the molecule is CCN(Cc1ccncc1)Cc1ccccc1OCC(O)CN1CCSCC1. The molecule has 1 unspecified atom stereocenters. The van der Waals surface area contributed by atoms with Crippen molar-refractivity contribution in [3.63, 3.8) is 0 Å². The van der Waals surface area contributed by atoms with Gasteiger partial charge in [-0.05, 0) is 30.3 Å². The van der Waals surface area contributed by atoms with Crippen molar-refractivity contribution in [3.8, 4) is 5.75 Å². The van der Waals surface area contributed by atoms with Crippen molar-refractivity contribution in [2.75, 3.05) is 44.3 Å². The second-order valence-corrected chi connectivity index (χ2v) is 8.37. The first kappa shape index (κ1) is 21.1. The standard InChI is InChI=1S/C22H31N3O2S/c1-2-24(15-19-7-9-23-10-8-19)16-20-5-3-4-6-22(20)27-18-21(26)17-25-11-13-28-14-12-25/h3-10,21,26H,2,11-18H2,1H3. The fourth-order valence-corrected chi connectivity index (χ4v) is 4.34. The van der Waals surface area contributed by atoms with Crippen LogP contribution in [-0.4, -0.2) is 70.3 Å². The average Bonchev–Trinajstić information content (AvgIpc) is 2.74. The molecule has 1 aromatic carbocycles. The van der Waals surface area contributed by atoms with E-state index < -0.39 is 6.10 Å². The number of hydrogen-bond acceptors (Lipinski definition) is 6. The molecule has 2 heterocycles. The average molecular weight is 402 g/mol. The van der Waals surface area contributed by atoms with E-state index in [0.29, 0.717) is 13.2 Å². The molecular formula is C22H31N3O2S. The number of benzene rings is 1. The third kappa shape index (κ3) is 6.78. The Morgan fingerprint density at radius 3 is 2.64 bits per heavy atom. The van der Waals surface area contributed by atoms with Crippen molar-refractivity contribution in [2.45, 2.75) is 26.1 Å². The summed E-state index contributed by atoms with van der Waals surface area (Å²) in [5.41, 5.74) is 2.41. The number of aliphatic hydroxyl groups is 1. The van der Waals surface area contributed by atoms with Gasteiger partial charge in [0, 0.05) is 62.2 Å². The third-order valence-electron chi connectivity index (χ3n) is 4.97. The van der Waals surface area contributed by atoms with Crippen LogP contribution in [0.5, 0.6) is 5.75 Å². The molecule has 3 rings (SSSR count). The molecule has 0 aliphatic carbocycles. The number of hydrogen-bond donors (Lipinski definition) is 1. The van der Waals surface area contributed by atoms with Gasteiger partial charge in [0.05, 0.1) is 0 Å². The molecule has 28 heavy (non-hydrogen) atoms. The molecule has 2 aromatic rings. The zero-order chi connectivity index (χ0) is 19.6. The normalized spacial score (nSPS) is 16.2. The van der Waals surface area contributed by atoms with E-state index in [0.717, 1.165) is 55.5 Å². The van der Waals surface area contributed by atoms with E-state index in [1.54, 1.807) is 0 Å². The lowest BCUT2D eigenvalue weighted by molar-refractivity contribution is 0.0708. The summed E-state index contributed by atoms with van der Waals surface area (Å²) in [5.74, 6) is 3.17. The van der Waals surface area contributed by atoms with Gasteiger partial charge >= 0.3 is 0 Å². The predicted octanol–water partition coefficient (Wildman–Crippen LogP) is 2.89. The largest absolute Gasteiger partial charge is 0.491 e. The maximum absolute atomic E-state index is 10.4. The Morgan fingerprint density at radius 1 is 1.14 bits per heavy atom. The molecule has 5 nitrogen and oxygen atoms in total. The zero-order valence-electron chi connectivity index (χ0n) is 16.7. The summed E-state index contributed by atoms with van der Waals surface area (Å²) < 4.78 is 6.02. The van der Waals surface area contributed by atoms with Gasteiger partial charge in [0.25, 0.3) is 0 Å². The number of ether oxygens (including phenoxy) is 1. The smallest absolute Gasteiger partial charge is 0.123 e. The topological polar surface area (TPSA) is 48.8 Å². The van der Waals surface area contributed by atoms with Crippen LogP contribution in [-0.2, 0) is 13.1 Å². The van der Waals surface area contributed by atoms with Crippen molar-refractivity contribution in [1.29, 1.82) is 0 Å². The van der Waals surface area contributed by atoms with Gasteiger partial charge in [-0.25, -0.2) is 0 Å². The first-order valence-electron chi connectivity index (χ1n) is 10.0. The van der Waals surface area contributed by atoms with Gasteiger partial charge in [0.2, 0.25) is 0 Å². The minimum atomic E-state index is -0.463. The number of nitrogens with zero attached hydrogens (tertiary/aromatic N) is 3. The van der Waals surface area contributed by atoms with E-state index >= 15 is 0 Å². The van der Waals surface area contributed by atoms with Crippen molar-refractivity contribution >= 4 is 11.8 Å². The Bertz CT molecular complexity index is 695. The number of aromatic nitrogens is 1. The van der Waals surface area contributed by atoms with Gasteiger partial charge in [-0.15, -0.1) is 0 Å². The highest BCUT2D eigenvalue weighted by Crippen LogP contribution is 2.21. The fraction of sp³-hybridized carbons (Fsp3) is 0.500. The second kappa shape index (κ2) is 11.4. The van der Waals surface area contributed by atoms with Crippen LogP contribution in [0.4, 0.5) is 0 Å². The third-order valence-corrected chi connectivity index (χ3v) is 5.92. The van der Waals surface area contributed by atoms with Crippen LogP contribution in [0.1, 0.15) is 18.1 Å². The maximum atomic E-state index is 10.4. The van der Waals surface area contributed by atoms with E-state index in [4.69, 9.17) is 4.74 Å². The molecule has 0 bridgehead atoms. The Hall–Kier alpha value is -1.60. The van der Waals surface area contributed by atoms with Gasteiger partial charge in [-0.1, -0.05) is 25.1 Å². The van der Waals surface area contributed by atoms with Crippen LogP contribution in [0.25, 0.3) is 0 Å². The van der Waals surface area contributed by atoms with E-state index in [1.165, 1.54) is 5.56 Å². The van der Waals surface area contributed by atoms with Crippen molar-refractivity contribution in [1.82, 2.24) is 14.8 Å². The lowest BCUT2D eigenvalue weighted by atomic mass is 10.1. The predicted molar refractivity (Wildman–Crippen MR) is 116 cm³/mol. The molecule has 0 amide bonds. The highest BCUT2D eigenvalue weighted by molar-refractivity contribution is 7.99. The summed E-state index contributed by atoms with van der Waals surface area (Å²) in [6, 6.07) is 12.3. The first-order chi connectivity index (χ1) is 13.7. The van der Waals surface area contributed by atoms with Crippen molar-refractivity contribution < 1.29 is 9.84 Å². The van der Waals surface area contributed by atoms with Gasteiger partial charge < -0.3 is 9.84 Å². The molecular weight excluding hydrogens is 370 g/mol. The first-order valence-corrected chi connectivity index (χ1v) is 11.2. The minimum absolute atomic E-state index is 0.330. The van der Waals surface area contributed by atoms with Gasteiger partial charge in [-0.2, -0.15) is 11.8 Å². The van der Waals surface area contributed by atoms with Crippen LogP contribution < -0.4 is 4.74 Å². The summed E-state index contributed by atoms with van der Waals surface area (Å²) in [5, 5.41) is 10.4. The summed E-state index contributed by atoms with van der Waals surface area (Å²) in [6.07, 6.45) is 3.21. The summed E-state index contributed by atoms with van der Waals surface area (Å²) in [7, 11) is 0. The Balaban J connectivity index is 1.54. The van der Waals surface area contributed by atoms with E-state index in [-0.39, 0.29) is 0 Å². The van der Waals surface area contributed by atoms with Gasteiger partial charge in [0.1, 0.15) is 18.5 Å². The maximum Gasteiger partial charge on any atom is 0.123 e. The number of thioether (sulfide) groups is 1. The van der Waals surface area contributed by atoms with E-state index in [9.17, 15) is 5.11 Å². The summed E-state index contributed by atoms with van der Waals surface area (Å²) in [4.78, 5) is 8.79. The van der Waals surface area contributed by atoms with Crippen LogP contribution >= 0.6 is 11.8 Å². The van der Waals surface area contributed by atoms with Gasteiger partial charge in [-0.3, -0.25) is 14.8 Å². The molecule has 1 aliphatic heterocycles. The molecule has 1 atom stereocenters. The van der Waals surface area contributed by atoms with E-state index in [1.807, 2.05) is 42.4 Å². The Labute approximate surface area is 172 Å². The van der Waals surface area contributed by atoms with Crippen LogP contribution in [0.2, 0.25) is 0 Å². The molecule has 0 spiro atoms. The van der Waals surface area contributed by atoms with Gasteiger partial charge in [0.15, 0.2) is 0 Å². The molecule has 6 heteroatoms. The number of para-hydroxylation sites is 1. The highest BCUT2D eigenvalue weighted by atomic mass is 32.2. The van der Waals surface area contributed by atoms with Crippen molar-refractivity contribution in [3.05, 3.63) is 59.9 Å². The zero-order valence-corrected chi connectivity index (χ0v) is 17.5. The quantitative estimate of drug-likeness (QED) is 0.661. The van der Waals surface area contributed by atoms with Crippen LogP contribution in [0.15, 0.2) is 48.8 Å². The molecule has 1 N–H and O–H groups in total. The Morgan fingerprint density at radius 2 is 1.89 bits per heavy atom. The monoisotopic (exact) mass is 401 g/mol. The summed E-state index contributed by atoms with van der Waals surface area (Å²) in [6.45, 7) is 7.94. The fourth-order valence-electron chi connectivity index (χ4n) is 3.36. The van der Waals surface area contributed by atoms with Crippen LogP contribution in [0, 0.1) is 0 Å². The van der Waals surface area contributed by atoms with E-state index in [2.05, 4.69) is 39.9 Å². The van der Waals surface area contributed by atoms with Crippen LogP contribution in [0.3, 0.4) is 0 Å². The minimum Gasteiger partial charge on any atom is -0.491 e. The molecule has 1 aliphatic rings. The molecule has 1 aromatic heterocycles.